The normalized spacial score (nSPS) is 57.2. The standard InChI is InChI=1S/C32H52O6/c1-26(2)22(35)8-11-32-16-31(17-32)13-12-28(5)25(30(7)10-9-23(38-30)27(3,4)36)20(37-18-33)15-29(28,6)21(31)14-19(34)24(26)32/h18-25,34-36H,8-17H2,1-7H3. The Kier molecular flexibility index (Phi) is 5.77. The fourth-order valence-electron chi connectivity index (χ4n) is 12.6. The van der Waals surface area contributed by atoms with Crippen LogP contribution in [0.3, 0.4) is 0 Å². The van der Waals surface area contributed by atoms with Gasteiger partial charge in [-0.15, -0.1) is 0 Å². The Morgan fingerprint density at radius 1 is 0.895 bits per heavy atom. The number of fused-ring (bicyclic) bond motifs is 2. The van der Waals surface area contributed by atoms with Crippen molar-refractivity contribution in [2.45, 2.75) is 148 Å². The lowest BCUT2D eigenvalue weighted by atomic mass is 9.34. The summed E-state index contributed by atoms with van der Waals surface area (Å²) in [6, 6.07) is 0. The van der Waals surface area contributed by atoms with E-state index >= 15 is 0 Å². The second-order valence-corrected chi connectivity index (χ2v) is 16.7. The van der Waals surface area contributed by atoms with Gasteiger partial charge in [-0.1, -0.05) is 27.7 Å². The maximum Gasteiger partial charge on any atom is 0.293 e. The van der Waals surface area contributed by atoms with E-state index in [2.05, 4.69) is 34.6 Å². The molecule has 6 nitrogen and oxygen atoms in total. The van der Waals surface area contributed by atoms with E-state index in [4.69, 9.17) is 9.47 Å². The molecule has 0 aromatic heterocycles. The third-order valence-electron chi connectivity index (χ3n) is 14.1. The van der Waals surface area contributed by atoms with E-state index < -0.39 is 17.3 Å². The molecule has 3 N–H and O–H groups in total. The van der Waals surface area contributed by atoms with Gasteiger partial charge in [0.05, 0.1) is 29.5 Å². The first-order valence-electron chi connectivity index (χ1n) is 15.3. The van der Waals surface area contributed by atoms with E-state index in [9.17, 15) is 20.1 Å². The molecule has 1 heterocycles. The third-order valence-corrected chi connectivity index (χ3v) is 14.1. The van der Waals surface area contributed by atoms with Crippen LogP contribution in [0.1, 0.15) is 113 Å². The molecule has 7 aliphatic rings. The summed E-state index contributed by atoms with van der Waals surface area (Å²) in [5, 5.41) is 33.7. The van der Waals surface area contributed by atoms with E-state index in [-0.39, 0.29) is 57.2 Å². The van der Waals surface area contributed by atoms with E-state index in [1.807, 2.05) is 13.8 Å². The Hall–Kier alpha value is -0.690. The topological polar surface area (TPSA) is 96.2 Å². The zero-order chi connectivity index (χ0) is 27.7. The number of carbonyl (C=O) groups is 1. The van der Waals surface area contributed by atoms with Gasteiger partial charge in [0.15, 0.2) is 0 Å². The number of hydrogen-bond donors (Lipinski definition) is 3. The molecule has 1 saturated heterocycles. The minimum atomic E-state index is -0.919. The summed E-state index contributed by atoms with van der Waals surface area (Å²) < 4.78 is 12.7. The molecule has 7 fully saturated rings. The summed E-state index contributed by atoms with van der Waals surface area (Å²) in [6.07, 6.45) is 8.30. The Balaban J connectivity index is 1.39. The largest absolute Gasteiger partial charge is 0.464 e. The van der Waals surface area contributed by atoms with E-state index in [1.165, 1.54) is 0 Å². The first kappa shape index (κ1) is 27.5. The summed E-state index contributed by atoms with van der Waals surface area (Å²) >= 11 is 0. The smallest absolute Gasteiger partial charge is 0.293 e. The van der Waals surface area contributed by atoms with Crippen LogP contribution in [0.2, 0.25) is 0 Å². The molecule has 6 aliphatic carbocycles. The average Bonchev–Trinajstić information content (AvgIpc) is 3.21. The SMILES string of the molecule is CC(C)(O)C1CCC(C)(C2C(OC=O)CC3(C)C4CC(O)C5C6(CCC(O)C5(C)C)CC4(CCC23C)C6)O1. The van der Waals surface area contributed by atoms with Gasteiger partial charge in [-0.3, -0.25) is 4.79 Å². The van der Waals surface area contributed by atoms with Crippen LogP contribution in [-0.2, 0) is 14.3 Å². The van der Waals surface area contributed by atoms with Crippen LogP contribution < -0.4 is 0 Å². The summed E-state index contributed by atoms with van der Waals surface area (Å²) in [5.74, 6) is 0.489. The van der Waals surface area contributed by atoms with Gasteiger partial charge in [-0.25, -0.2) is 0 Å². The Labute approximate surface area is 229 Å². The molecule has 10 unspecified atom stereocenters. The van der Waals surface area contributed by atoms with Crippen molar-refractivity contribution in [3.05, 3.63) is 0 Å². The number of hydrogen-bond acceptors (Lipinski definition) is 6. The van der Waals surface area contributed by atoms with Gasteiger partial charge in [-0.05, 0) is 124 Å². The fraction of sp³-hybridized carbons (Fsp3) is 0.969. The van der Waals surface area contributed by atoms with Crippen LogP contribution in [0.25, 0.3) is 0 Å². The highest BCUT2D eigenvalue weighted by molar-refractivity contribution is 5.38. The molecular formula is C32H52O6. The van der Waals surface area contributed by atoms with Gasteiger partial charge in [0, 0.05) is 5.92 Å². The zero-order valence-corrected chi connectivity index (χ0v) is 24.8. The van der Waals surface area contributed by atoms with E-state index in [0.29, 0.717) is 12.4 Å². The lowest BCUT2D eigenvalue weighted by Gasteiger charge is -2.70. The van der Waals surface area contributed by atoms with Gasteiger partial charge in [0.1, 0.15) is 6.10 Å². The van der Waals surface area contributed by atoms with E-state index in [0.717, 1.165) is 64.2 Å². The highest BCUT2D eigenvalue weighted by atomic mass is 16.5. The molecule has 2 spiro atoms. The lowest BCUT2D eigenvalue weighted by Crippen LogP contribution is -2.64. The Bertz CT molecular complexity index is 979. The molecule has 6 heteroatoms. The molecule has 6 saturated carbocycles. The predicted molar refractivity (Wildman–Crippen MR) is 144 cm³/mol. The van der Waals surface area contributed by atoms with Gasteiger partial charge >= 0.3 is 0 Å². The van der Waals surface area contributed by atoms with Crippen molar-refractivity contribution < 1.29 is 29.6 Å². The molecule has 0 amide bonds. The van der Waals surface area contributed by atoms with Crippen LogP contribution in [-0.4, -0.2) is 57.4 Å². The molecular weight excluding hydrogens is 480 g/mol. The number of aliphatic hydroxyl groups is 3. The molecule has 38 heavy (non-hydrogen) atoms. The molecule has 216 valence electrons. The quantitative estimate of drug-likeness (QED) is 0.441. The van der Waals surface area contributed by atoms with Crippen LogP contribution in [0, 0.1) is 44.8 Å². The van der Waals surface area contributed by atoms with Crippen molar-refractivity contribution >= 4 is 6.47 Å². The van der Waals surface area contributed by atoms with Crippen LogP contribution in [0.5, 0.6) is 0 Å². The molecule has 0 radical (unpaired) electrons. The maximum absolute atomic E-state index is 12.0. The average molecular weight is 533 g/mol. The van der Waals surface area contributed by atoms with E-state index in [1.54, 1.807) is 0 Å². The Morgan fingerprint density at radius 3 is 2.18 bits per heavy atom. The van der Waals surface area contributed by atoms with Crippen LogP contribution >= 0.6 is 0 Å². The summed E-state index contributed by atoms with van der Waals surface area (Å²) in [6.45, 7) is 15.7. The second-order valence-electron chi connectivity index (χ2n) is 16.7. The van der Waals surface area contributed by atoms with Crippen molar-refractivity contribution in [1.29, 1.82) is 0 Å². The Morgan fingerprint density at radius 2 is 1.58 bits per heavy atom. The van der Waals surface area contributed by atoms with Crippen molar-refractivity contribution in [3.8, 4) is 0 Å². The fourth-order valence-corrected chi connectivity index (χ4v) is 12.6. The lowest BCUT2D eigenvalue weighted by molar-refractivity contribution is -0.236. The van der Waals surface area contributed by atoms with Gasteiger partial charge < -0.3 is 24.8 Å². The van der Waals surface area contributed by atoms with Crippen LogP contribution in [0.4, 0.5) is 0 Å². The molecule has 10 atom stereocenters. The van der Waals surface area contributed by atoms with Gasteiger partial charge in [0.2, 0.25) is 0 Å². The van der Waals surface area contributed by atoms with Crippen molar-refractivity contribution in [1.82, 2.24) is 0 Å². The molecule has 0 aromatic carbocycles. The minimum Gasteiger partial charge on any atom is -0.464 e. The molecule has 1 aliphatic heterocycles. The van der Waals surface area contributed by atoms with Crippen molar-refractivity contribution in [3.63, 3.8) is 0 Å². The highest BCUT2D eigenvalue weighted by Gasteiger charge is 2.78. The second kappa shape index (κ2) is 7.98. The number of aliphatic hydroxyl groups excluding tert-OH is 2. The molecule has 2 bridgehead atoms. The summed E-state index contributed by atoms with van der Waals surface area (Å²) in [7, 11) is 0. The van der Waals surface area contributed by atoms with Gasteiger partial charge in [0.25, 0.3) is 6.47 Å². The number of carbonyl (C=O) groups excluding carboxylic acids is 1. The number of ether oxygens (including phenoxy) is 2. The summed E-state index contributed by atoms with van der Waals surface area (Å²) in [4.78, 5) is 11.8. The third kappa shape index (κ3) is 3.30. The zero-order valence-electron chi connectivity index (χ0n) is 24.8. The monoisotopic (exact) mass is 532 g/mol. The maximum atomic E-state index is 12.0. The number of rotatable bonds is 4. The van der Waals surface area contributed by atoms with Crippen LogP contribution in [0.15, 0.2) is 0 Å². The first-order valence-corrected chi connectivity index (χ1v) is 15.3. The minimum absolute atomic E-state index is 0.0323. The molecule has 0 aromatic rings. The highest BCUT2D eigenvalue weighted by Crippen LogP contribution is 2.82. The van der Waals surface area contributed by atoms with Gasteiger partial charge in [-0.2, -0.15) is 0 Å². The first-order chi connectivity index (χ1) is 17.5. The van der Waals surface area contributed by atoms with Crippen molar-refractivity contribution in [2.75, 3.05) is 0 Å². The van der Waals surface area contributed by atoms with Crippen molar-refractivity contribution in [2.24, 2.45) is 44.8 Å². The molecule has 7 rings (SSSR count). The summed E-state index contributed by atoms with van der Waals surface area (Å²) in [5.41, 5.74) is -1.57. The predicted octanol–water partition coefficient (Wildman–Crippen LogP) is 5.01.